The molecular weight excluding hydrogens is 1300 g/mol. The molecule has 10 aromatic heterocycles. The van der Waals surface area contributed by atoms with Gasteiger partial charge in [-0.2, -0.15) is 10.5 Å². The average Bonchev–Trinajstić information content (AvgIpc) is 1.65. The van der Waals surface area contributed by atoms with Crippen LogP contribution in [0.3, 0.4) is 0 Å². The maximum absolute atomic E-state index is 9.37. The van der Waals surface area contributed by atoms with Crippen LogP contribution >= 0.6 is 0 Å². The summed E-state index contributed by atoms with van der Waals surface area (Å²) in [6.45, 7) is 21.5. The Balaban J connectivity index is 0.000000101. The van der Waals surface area contributed by atoms with Crippen molar-refractivity contribution in [2.75, 3.05) is 0 Å². The van der Waals surface area contributed by atoms with Crippen molar-refractivity contribution in [3.05, 3.63) is 349 Å². The molecule has 0 saturated carbocycles. The second kappa shape index (κ2) is 28.3. The van der Waals surface area contributed by atoms with Crippen LogP contribution in [-0.4, -0.2) is 24.9 Å². The standard InChI is InChI=1S/5C18H10N2O/c1-19-16-10-5-7-13-12-6-4-8-14(17(12)21-18(13)16)15-9-2-3-11-20-15;1-19-12-8-9-13-14-5-4-6-15(16-7-2-3-10-20-16)18(14)21-17(13)11-12;1-19-12-8-9-17-15(11-12)13-5-4-6-14(18(13)21-17)16-7-2-3-10-20-16;19-11-12-5-3-9-16-17(12)14-7-4-6-13(18(14)21-16)15-8-1-2-10-20-15;19-11-12-8-9-13(15-6-3-4-10-20-15)18-17(12)14-5-1-2-7-16(14)21-18/h3*2-11H;2*1-10H. The van der Waals surface area contributed by atoms with Gasteiger partial charge in [0.25, 0.3) is 0 Å². The molecule has 20 rings (SSSR count). The molecule has 0 saturated heterocycles. The lowest BCUT2D eigenvalue weighted by molar-refractivity contribution is 0.669. The molecule has 0 fully saturated rings. The Morgan fingerprint density at radius 1 is 0.257 bits per heavy atom. The summed E-state index contributed by atoms with van der Waals surface area (Å²) < 4.78 is 30.0. The molecule has 0 N–H and O–H groups in total. The minimum atomic E-state index is 0.538. The van der Waals surface area contributed by atoms with Crippen LogP contribution in [-0.2, 0) is 0 Å². The highest BCUT2D eigenvalue weighted by Crippen LogP contribution is 2.43. The second-order valence-electron chi connectivity index (χ2n) is 23.9. The number of furan rings is 5. The van der Waals surface area contributed by atoms with Gasteiger partial charge in [-0.15, -0.1) is 0 Å². The van der Waals surface area contributed by atoms with Crippen molar-refractivity contribution in [1.29, 1.82) is 10.5 Å². The van der Waals surface area contributed by atoms with Crippen LogP contribution in [0.25, 0.3) is 181 Å². The first-order valence-corrected chi connectivity index (χ1v) is 33.1. The average molecular weight is 1350 g/mol. The lowest BCUT2D eigenvalue weighted by Gasteiger charge is -2.02. The molecule has 0 radical (unpaired) electrons. The smallest absolute Gasteiger partial charge is 0.229 e. The molecule has 20 aromatic rings. The van der Waals surface area contributed by atoms with Crippen molar-refractivity contribution < 1.29 is 22.1 Å². The number of hydrogen-bond donors (Lipinski definition) is 0. The fourth-order valence-electron chi connectivity index (χ4n) is 13.1. The van der Waals surface area contributed by atoms with Gasteiger partial charge in [-0.1, -0.05) is 140 Å². The quantitative estimate of drug-likeness (QED) is 0.148. The molecule has 0 bridgehead atoms. The third-order valence-electron chi connectivity index (χ3n) is 17.8. The Labute approximate surface area is 598 Å². The SMILES string of the molecule is N#Cc1ccc(-c2ccccn2)c2oc3ccccc3c12.N#Cc1cccc2oc3c(-c4ccccn4)cccc3c12.[C-]#[N+]c1ccc2c(c1)oc1c(-c3ccccn3)cccc12.[C-]#[N+]c1ccc2oc3c(-c4ccccn4)cccc3c2c1.[C-]#[N+]c1cccc2c1oc1c(-c3ccccn3)cccc12. The Morgan fingerprint density at radius 2 is 0.648 bits per heavy atom. The van der Waals surface area contributed by atoms with Crippen LogP contribution in [0.2, 0.25) is 0 Å². The third-order valence-corrected chi connectivity index (χ3v) is 17.8. The predicted molar refractivity (Wildman–Crippen MR) is 413 cm³/mol. The largest absolute Gasteiger partial charge is 0.466 e. The molecule has 15 heteroatoms. The highest BCUT2D eigenvalue weighted by molar-refractivity contribution is 6.15. The van der Waals surface area contributed by atoms with E-state index in [4.69, 9.17) is 41.8 Å². The highest BCUT2D eigenvalue weighted by Gasteiger charge is 2.20. The molecule has 0 unspecified atom stereocenters. The van der Waals surface area contributed by atoms with E-state index in [-0.39, 0.29) is 0 Å². The fourth-order valence-corrected chi connectivity index (χ4v) is 13.1. The number of nitriles is 2. The van der Waals surface area contributed by atoms with Crippen LogP contribution in [0.15, 0.2) is 326 Å². The summed E-state index contributed by atoms with van der Waals surface area (Å²) in [6.07, 6.45) is 8.82. The molecule has 105 heavy (non-hydrogen) atoms. The zero-order valence-electron chi connectivity index (χ0n) is 55.4. The minimum absolute atomic E-state index is 0.538. The first kappa shape index (κ1) is 64.1. The lowest BCUT2D eigenvalue weighted by atomic mass is 10.0. The first-order chi connectivity index (χ1) is 51.9. The van der Waals surface area contributed by atoms with Gasteiger partial charge in [0, 0.05) is 113 Å². The van der Waals surface area contributed by atoms with Crippen LogP contribution in [0.4, 0.5) is 17.1 Å². The number of benzene rings is 10. The van der Waals surface area contributed by atoms with Gasteiger partial charge in [0.2, 0.25) is 5.69 Å². The number of para-hydroxylation sites is 6. The third kappa shape index (κ3) is 12.2. The molecule has 0 atom stereocenters. The van der Waals surface area contributed by atoms with Gasteiger partial charge in [0.05, 0.1) is 71.5 Å². The van der Waals surface area contributed by atoms with E-state index in [0.29, 0.717) is 39.4 Å². The van der Waals surface area contributed by atoms with Gasteiger partial charge in [0.15, 0.2) is 11.4 Å². The number of hydrogen-bond acceptors (Lipinski definition) is 12. The van der Waals surface area contributed by atoms with Gasteiger partial charge < -0.3 is 22.1 Å². The molecule has 10 aromatic carbocycles. The van der Waals surface area contributed by atoms with E-state index in [1.807, 2.05) is 255 Å². The first-order valence-electron chi connectivity index (χ1n) is 33.1. The molecule has 15 nitrogen and oxygen atoms in total. The van der Waals surface area contributed by atoms with Gasteiger partial charge in [0.1, 0.15) is 55.8 Å². The molecule has 0 amide bonds. The van der Waals surface area contributed by atoms with Crippen molar-refractivity contribution in [3.63, 3.8) is 0 Å². The minimum Gasteiger partial charge on any atom is -0.466 e. The lowest BCUT2D eigenvalue weighted by Crippen LogP contribution is -1.85. The monoisotopic (exact) mass is 1350 g/mol. The van der Waals surface area contributed by atoms with Crippen molar-refractivity contribution in [2.45, 2.75) is 0 Å². The van der Waals surface area contributed by atoms with E-state index in [1.165, 1.54) is 0 Å². The molecule has 0 aliphatic heterocycles. The summed E-state index contributed by atoms with van der Waals surface area (Å²) in [5, 5.41) is 28.3. The molecule has 0 aliphatic rings. The molecular formula is C90H50N10O5. The van der Waals surface area contributed by atoms with Crippen LogP contribution in [0.5, 0.6) is 0 Å². The maximum atomic E-state index is 9.37. The summed E-state index contributed by atoms with van der Waals surface area (Å²) in [5.74, 6) is 0. The number of nitrogens with zero attached hydrogens (tertiary/aromatic N) is 10. The summed E-state index contributed by atoms with van der Waals surface area (Å²) >= 11 is 0. The number of rotatable bonds is 5. The topological polar surface area (TPSA) is 191 Å². The Morgan fingerprint density at radius 3 is 1.18 bits per heavy atom. The maximum Gasteiger partial charge on any atom is 0.229 e. The van der Waals surface area contributed by atoms with Crippen molar-refractivity contribution >= 4 is 127 Å². The van der Waals surface area contributed by atoms with Crippen molar-refractivity contribution in [3.8, 4) is 68.4 Å². The summed E-state index contributed by atoms with van der Waals surface area (Å²) in [5.41, 5.74) is 19.6. The molecule has 10 heterocycles. The van der Waals surface area contributed by atoms with Gasteiger partial charge >= 0.3 is 0 Å². The van der Waals surface area contributed by atoms with Gasteiger partial charge in [-0.3, -0.25) is 24.9 Å². The number of pyridine rings is 5. The highest BCUT2D eigenvalue weighted by atomic mass is 16.3. The van der Waals surface area contributed by atoms with Crippen LogP contribution in [0.1, 0.15) is 11.1 Å². The summed E-state index contributed by atoms with van der Waals surface area (Å²) in [6, 6.07) is 91.1. The predicted octanol–water partition coefficient (Wildman–Crippen LogP) is 24.6. The summed E-state index contributed by atoms with van der Waals surface area (Å²) in [4.78, 5) is 32.4. The summed E-state index contributed by atoms with van der Waals surface area (Å²) in [7, 11) is 0. The van der Waals surface area contributed by atoms with E-state index in [9.17, 15) is 10.5 Å². The van der Waals surface area contributed by atoms with Crippen LogP contribution < -0.4 is 0 Å². The van der Waals surface area contributed by atoms with E-state index >= 15 is 0 Å². The Bertz CT molecular complexity index is 6800. The van der Waals surface area contributed by atoms with E-state index < -0.39 is 0 Å². The van der Waals surface area contributed by atoms with Crippen LogP contribution in [0, 0.1) is 42.4 Å². The molecule has 0 aliphatic carbocycles. The fraction of sp³-hybridized carbons (Fsp3) is 0. The Hall–Kier alpha value is -15.6. The number of aromatic nitrogens is 5. The van der Waals surface area contributed by atoms with E-state index in [0.717, 1.165) is 155 Å². The van der Waals surface area contributed by atoms with E-state index in [2.05, 4.69) is 51.6 Å². The van der Waals surface area contributed by atoms with Crippen molar-refractivity contribution in [2.24, 2.45) is 0 Å². The number of fused-ring (bicyclic) bond motifs is 15. The Kier molecular flexibility index (Phi) is 17.3. The zero-order valence-corrected chi connectivity index (χ0v) is 55.4. The normalized spacial score (nSPS) is 10.8. The second-order valence-corrected chi connectivity index (χ2v) is 23.9. The van der Waals surface area contributed by atoms with Gasteiger partial charge in [-0.05, 0) is 133 Å². The van der Waals surface area contributed by atoms with Gasteiger partial charge in [-0.25, -0.2) is 14.5 Å². The van der Waals surface area contributed by atoms with E-state index in [1.54, 1.807) is 49.2 Å². The molecule has 490 valence electrons. The molecule has 0 spiro atoms. The zero-order chi connectivity index (χ0) is 71.2. The van der Waals surface area contributed by atoms with Crippen molar-refractivity contribution in [1.82, 2.24) is 24.9 Å².